The lowest BCUT2D eigenvalue weighted by molar-refractivity contribution is -0.128. The molecular formula is C30H38N4O6. The molecule has 0 bridgehead atoms. The molecular weight excluding hydrogens is 512 g/mol. The van der Waals surface area contributed by atoms with Gasteiger partial charge in [0.05, 0.1) is 14.2 Å². The highest BCUT2D eigenvalue weighted by atomic mass is 16.5. The van der Waals surface area contributed by atoms with E-state index in [1.54, 1.807) is 31.2 Å². The fourth-order valence-corrected chi connectivity index (χ4v) is 4.46. The van der Waals surface area contributed by atoms with E-state index in [1.807, 2.05) is 52.8 Å². The van der Waals surface area contributed by atoms with Gasteiger partial charge in [-0.1, -0.05) is 23.4 Å². The molecule has 0 aliphatic rings. The van der Waals surface area contributed by atoms with E-state index < -0.39 is 29.3 Å². The fourth-order valence-electron chi connectivity index (χ4n) is 4.46. The number of methoxy groups -OCH3 is 2. The van der Waals surface area contributed by atoms with Gasteiger partial charge in [-0.2, -0.15) is 0 Å². The van der Waals surface area contributed by atoms with E-state index >= 15 is 0 Å². The van der Waals surface area contributed by atoms with Gasteiger partial charge in [0.15, 0.2) is 17.3 Å². The minimum absolute atomic E-state index is 0.130. The maximum Gasteiger partial charge on any atom is 0.248 e. The average Bonchev–Trinajstić information content (AvgIpc) is 3.27. The molecule has 1 atom stereocenters. The Labute approximate surface area is 235 Å². The van der Waals surface area contributed by atoms with Crippen LogP contribution in [0.5, 0.6) is 11.5 Å². The summed E-state index contributed by atoms with van der Waals surface area (Å²) in [5, 5.41) is 9.41. The molecule has 0 radical (unpaired) electrons. The highest BCUT2D eigenvalue weighted by Gasteiger charge is 2.37. The summed E-state index contributed by atoms with van der Waals surface area (Å²) < 4.78 is 16.2. The normalized spacial score (nSPS) is 11.9. The van der Waals surface area contributed by atoms with Crippen LogP contribution in [0.3, 0.4) is 0 Å². The molecule has 40 heavy (non-hydrogen) atoms. The lowest BCUT2D eigenvalue weighted by Crippen LogP contribution is -2.49. The van der Waals surface area contributed by atoms with Crippen molar-refractivity contribution in [3.8, 4) is 11.5 Å². The number of carbonyl (C=O) groups excluding carboxylic acids is 3. The molecule has 0 saturated heterocycles. The monoisotopic (exact) mass is 550 g/mol. The summed E-state index contributed by atoms with van der Waals surface area (Å²) >= 11 is 0. The average molecular weight is 551 g/mol. The SMILES string of the molecule is COc1cccc(C(C(=O)NC(C)(C)C)N(C(=O)CCC(=O)Nc2cc(C)on2)c2cc(C)cc(C)c2)c1OC. The van der Waals surface area contributed by atoms with E-state index in [0.717, 1.165) is 11.1 Å². The van der Waals surface area contributed by atoms with Crippen molar-refractivity contribution in [1.29, 1.82) is 0 Å². The molecule has 3 amide bonds. The van der Waals surface area contributed by atoms with Crippen LogP contribution in [0.15, 0.2) is 47.0 Å². The first-order chi connectivity index (χ1) is 18.8. The zero-order chi connectivity index (χ0) is 29.6. The number of amides is 3. The predicted molar refractivity (Wildman–Crippen MR) is 153 cm³/mol. The van der Waals surface area contributed by atoms with E-state index in [4.69, 9.17) is 14.0 Å². The van der Waals surface area contributed by atoms with Gasteiger partial charge in [0.2, 0.25) is 17.7 Å². The molecule has 2 N–H and O–H groups in total. The van der Waals surface area contributed by atoms with Crippen molar-refractivity contribution in [2.75, 3.05) is 24.4 Å². The van der Waals surface area contributed by atoms with Crippen molar-refractivity contribution in [2.45, 2.75) is 66.0 Å². The zero-order valence-electron chi connectivity index (χ0n) is 24.4. The molecule has 2 aromatic carbocycles. The Bertz CT molecular complexity index is 1350. The smallest absolute Gasteiger partial charge is 0.248 e. The summed E-state index contributed by atoms with van der Waals surface area (Å²) in [6, 6.07) is 11.3. The summed E-state index contributed by atoms with van der Waals surface area (Å²) in [7, 11) is 2.99. The van der Waals surface area contributed by atoms with Gasteiger partial charge in [0.1, 0.15) is 11.8 Å². The van der Waals surface area contributed by atoms with Gasteiger partial charge >= 0.3 is 0 Å². The third kappa shape index (κ3) is 7.62. The van der Waals surface area contributed by atoms with Crippen LogP contribution in [0.25, 0.3) is 0 Å². The van der Waals surface area contributed by atoms with Crippen LogP contribution in [0.1, 0.15) is 62.1 Å². The maximum absolute atomic E-state index is 14.0. The van der Waals surface area contributed by atoms with Gasteiger partial charge in [-0.05, 0) is 70.9 Å². The van der Waals surface area contributed by atoms with E-state index in [0.29, 0.717) is 28.5 Å². The molecule has 1 unspecified atom stereocenters. The number of aromatic nitrogens is 1. The van der Waals surface area contributed by atoms with Crippen LogP contribution in [0.4, 0.5) is 11.5 Å². The predicted octanol–water partition coefficient (Wildman–Crippen LogP) is 5.02. The summed E-state index contributed by atoms with van der Waals surface area (Å²) in [4.78, 5) is 42.1. The first kappa shape index (κ1) is 30.2. The quantitative estimate of drug-likeness (QED) is 0.363. The van der Waals surface area contributed by atoms with E-state index in [1.165, 1.54) is 19.1 Å². The number of hydrogen-bond donors (Lipinski definition) is 2. The molecule has 1 heterocycles. The summed E-state index contributed by atoms with van der Waals surface area (Å²) in [5.74, 6) is 0.335. The number of para-hydroxylation sites is 1. The Morgan fingerprint density at radius 3 is 2.20 bits per heavy atom. The van der Waals surface area contributed by atoms with Crippen LogP contribution in [-0.4, -0.2) is 42.6 Å². The number of rotatable bonds is 10. The van der Waals surface area contributed by atoms with E-state index in [2.05, 4.69) is 15.8 Å². The number of nitrogens with one attached hydrogen (secondary N) is 2. The molecule has 214 valence electrons. The third-order valence-electron chi connectivity index (χ3n) is 5.95. The van der Waals surface area contributed by atoms with Gasteiger partial charge < -0.3 is 24.6 Å². The molecule has 0 saturated carbocycles. The highest BCUT2D eigenvalue weighted by Crippen LogP contribution is 2.40. The van der Waals surface area contributed by atoms with Gasteiger partial charge in [-0.3, -0.25) is 19.3 Å². The Balaban J connectivity index is 2.10. The number of anilines is 2. The number of ether oxygens (including phenoxy) is 2. The molecule has 3 rings (SSSR count). The molecule has 10 nitrogen and oxygen atoms in total. The molecule has 1 aromatic heterocycles. The van der Waals surface area contributed by atoms with Gasteiger partial charge in [0.25, 0.3) is 0 Å². The number of hydrogen-bond acceptors (Lipinski definition) is 7. The summed E-state index contributed by atoms with van der Waals surface area (Å²) in [6.07, 6.45) is -0.296. The van der Waals surface area contributed by atoms with Crippen molar-refractivity contribution in [1.82, 2.24) is 10.5 Å². The molecule has 10 heteroatoms. The number of carbonyl (C=O) groups is 3. The van der Waals surface area contributed by atoms with Crippen LogP contribution in [0, 0.1) is 20.8 Å². The van der Waals surface area contributed by atoms with E-state index in [9.17, 15) is 14.4 Å². The topological polar surface area (TPSA) is 123 Å². The van der Waals surface area contributed by atoms with Crippen LogP contribution in [0.2, 0.25) is 0 Å². The third-order valence-corrected chi connectivity index (χ3v) is 5.95. The second kappa shape index (κ2) is 12.7. The summed E-state index contributed by atoms with van der Waals surface area (Å²) in [5.41, 5.74) is 2.21. The fraction of sp³-hybridized carbons (Fsp3) is 0.400. The molecule has 0 aliphatic heterocycles. The Morgan fingerprint density at radius 1 is 0.975 bits per heavy atom. The number of aryl methyl sites for hydroxylation is 3. The van der Waals surface area contributed by atoms with Crippen molar-refractivity contribution in [2.24, 2.45) is 0 Å². The van der Waals surface area contributed by atoms with Crippen LogP contribution >= 0.6 is 0 Å². The van der Waals surface area contributed by atoms with Gasteiger partial charge in [-0.25, -0.2) is 0 Å². The first-order valence-electron chi connectivity index (χ1n) is 13.0. The molecule has 0 spiro atoms. The molecule has 3 aromatic rings. The second-order valence-electron chi connectivity index (χ2n) is 10.7. The lowest BCUT2D eigenvalue weighted by Gasteiger charge is -2.35. The van der Waals surface area contributed by atoms with Crippen molar-refractivity contribution < 1.29 is 28.4 Å². The van der Waals surface area contributed by atoms with Crippen LogP contribution < -0.4 is 25.0 Å². The molecule has 0 fully saturated rings. The number of benzene rings is 2. The Morgan fingerprint density at radius 2 is 1.65 bits per heavy atom. The summed E-state index contributed by atoms with van der Waals surface area (Å²) in [6.45, 7) is 11.1. The largest absolute Gasteiger partial charge is 0.493 e. The van der Waals surface area contributed by atoms with Gasteiger partial charge in [-0.15, -0.1) is 0 Å². The van der Waals surface area contributed by atoms with Crippen molar-refractivity contribution >= 4 is 29.2 Å². The minimum Gasteiger partial charge on any atom is -0.493 e. The number of nitrogens with zero attached hydrogens (tertiary/aromatic N) is 2. The molecule has 0 aliphatic carbocycles. The Kier molecular flexibility index (Phi) is 9.57. The zero-order valence-corrected chi connectivity index (χ0v) is 24.4. The standard InChI is InChI=1S/C30H38N4O6/c1-18-14-19(2)16-21(15-18)34(26(36)13-12-25(35)31-24-17-20(3)40-33-24)27(29(37)32-30(4,5)6)22-10-9-11-23(38-7)28(22)39-8/h9-11,14-17,27H,12-13H2,1-8H3,(H,32,37)(H,31,33,35). The Hall–Kier alpha value is -4.34. The van der Waals surface area contributed by atoms with Crippen LogP contribution in [-0.2, 0) is 14.4 Å². The lowest BCUT2D eigenvalue weighted by atomic mass is 9.98. The highest BCUT2D eigenvalue weighted by molar-refractivity contribution is 6.03. The minimum atomic E-state index is -1.13. The van der Waals surface area contributed by atoms with Gasteiger partial charge in [0, 0.05) is 35.7 Å². The van der Waals surface area contributed by atoms with Crippen molar-refractivity contribution in [3.63, 3.8) is 0 Å². The van der Waals surface area contributed by atoms with E-state index in [-0.39, 0.29) is 18.7 Å². The second-order valence-corrected chi connectivity index (χ2v) is 10.7. The maximum atomic E-state index is 14.0. The first-order valence-corrected chi connectivity index (χ1v) is 13.0. The van der Waals surface area contributed by atoms with Crippen molar-refractivity contribution in [3.05, 3.63) is 64.9 Å².